The summed E-state index contributed by atoms with van der Waals surface area (Å²) in [6, 6.07) is 0. The van der Waals surface area contributed by atoms with Crippen LogP contribution in [0, 0.1) is 17.8 Å². The highest BCUT2D eigenvalue weighted by Gasteiger charge is 2.58. The Morgan fingerprint density at radius 2 is 1.86 bits per heavy atom. The lowest BCUT2D eigenvalue weighted by Gasteiger charge is -2.57. The summed E-state index contributed by atoms with van der Waals surface area (Å²) >= 11 is 0. The monoisotopic (exact) mass is 195 g/mol. The van der Waals surface area contributed by atoms with Crippen molar-refractivity contribution in [1.82, 2.24) is 0 Å². The molecule has 3 nitrogen and oxygen atoms in total. The Labute approximate surface area is 83.4 Å². The van der Waals surface area contributed by atoms with E-state index in [1.165, 1.54) is 6.42 Å². The first-order valence-corrected chi connectivity index (χ1v) is 5.47. The third-order valence-electron chi connectivity index (χ3n) is 4.44. The Balaban J connectivity index is 1.93. The standard InChI is InChI=1S/C11H15O3/c12-6-14-11-4-7-1-8(5-11)3-9(2-7)10(11)13/h7-10,13H,1-5H2. The van der Waals surface area contributed by atoms with E-state index in [0.717, 1.165) is 25.7 Å². The number of hydrogen-bond acceptors (Lipinski definition) is 3. The number of ether oxygens (including phenoxy) is 1. The molecule has 0 aromatic heterocycles. The van der Waals surface area contributed by atoms with Gasteiger partial charge in [-0.05, 0) is 49.9 Å². The van der Waals surface area contributed by atoms with Gasteiger partial charge >= 0.3 is 6.47 Å². The lowest BCUT2D eigenvalue weighted by Crippen LogP contribution is -2.61. The van der Waals surface area contributed by atoms with Crippen molar-refractivity contribution in [2.75, 3.05) is 0 Å². The second-order valence-corrected chi connectivity index (χ2v) is 5.30. The van der Waals surface area contributed by atoms with E-state index in [1.807, 2.05) is 0 Å². The topological polar surface area (TPSA) is 46.5 Å². The third-order valence-corrected chi connectivity index (χ3v) is 4.44. The van der Waals surface area contributed by atoms with Gasteiger partial charge in [0.2, 0.25) is 0 Å². The summed E-state index contributed by atoms with van der Waals surface area (Å²) in [4.78, 5) is 10.4. The molecule has 0 spiro atoms. The van der Waals surface area contributed by atoms with E-state index < -0.39 is 11.7 Å². The van der Waals surface area contributed by atoms with Gasteiger partial charge in [0, 0.05) is 0 Å². The Bertz CT molecular complexity index is 249. The maximum Gasteiger partial charge on any atom is 0.418 e. The van der Waals surface area contributed by atoms with E-state index in [1.54, 1.807) is 6.47 Å². The molecule has 77 valence electrons. The minimum atomic E-state index is -0.559. The van der Waals surface area contributed by atoms with Gasteiger partial charge in [0.1, 0.15) is 5.60 Å². The molecule has 4 fully saturated rings. The zero-order chi connectivity index (χ0) is 9.76. The lowest BCUT2D eigenvalue weighted by atomic mass is 9.53. The second kappa shape index (κ2) is 2.72. The molecule has 0 aliphatic heterocycles. The first-order valence-electron chi connectivity index (χ1n) is 5.47. The van der Waals surface area contributed by atoms with Gasteiger partial charge in [0.05, 0.1) is 6.10 Å². The van der Waals surface area contributed by atoms with Crippen molar-refractivity contribution < 1.29 is 14.6 Å². The largest absolute Gasteiger partial charge is 0.448 e. The van der Waals surface area contributed by atoms with Crippen LogP contribution in [0.3, 0.4) is 0 Å². The molecule has 3 unspecified atom stereocenters. The summed E-state index contributed by atoms with van der Waals surface area (Å²) in [7, 11) is 0. The molecule has 4 aliphatic carbocycles. The van der Waals surface area contributed by atoms with Gasteiger partial charge in [-0.25, -0.2) is 4.79 Å². The smallest absolute Gasteiger partial charge is 0.418 e. The molecule has 0 aromatic rings. The van der Waals surface area contributed by atoms with Crippen molar-refractivity contribution in [2.45, 2.75) is 43.8 Å². The Kier molecular flexibility index (Phi) is 1.69. The second-order valence-electron chi connectivity index (χ2n) is 5.30. The summed E-state index contributed by atoms with van der Waals surface area (Å²) < 4.78 is 5.10. The van der Waals surface area contributed by atoms with Crippen LogP contribution in [0.25, 0.3) is 0 Å². The van der Waals surface area contributed by atoms with Crippen LogP contribution in [0.15, 0.2) is 0 Å². The highest BCUT2D eigenvalue weighted by atomic mass is 16.6. The molecule has 0 amide bonds. The molecule has 1 radical (unpaired) electrons. The van der Waals surface area contributed by atoms with Crippen LogP contribution < -0.4 is 0 Å². The molecule has 14 heavy (non-hydrogen) atoms. The number of carbonyl (C=O) groups excluding carboxylic acids is 1. The molecule has 1 N–H and O–H groups in total. The van der Waals surface area contributed by atoms with Crippen LogP contribution in [-0.2, 0) is 9.53 Å². The molecule has 0 heterocycles. The summed E-state index contributed by atoms with van der Waals surface area (Å²) in [6.07, 6.45) is 4.81. The Hall–Kier alpha value is -0.570. The van der Waals surface area contributed by atoms with Gasteiger partial charge in [0.25, 0.3) is 0 Å². The van der Waals surface area contributed by atoms with Gasteiger partial charge in [-0.2, -0.15) is 0 Å². The Morgan fingerprint density at radius 3 is 2.43 bits per heavy atom. The molecule has 0 aromatic carbocycles. The van der Waals surface area contributed by atoms with E-state index >= 15 is 0 Å². The van der Waals surface area contributed by atoms with Crippen molar-refractivity contribution in [3.63, 3.8) is 0 Å². The van der Waals surface area contributed by atoms with Crippen LogP contribution in [-0.4, -0.2) is 23.3 Å². The quantitative estimate of drug-likeness (QED) is 0.715. The summed E-state index contributed by atoms with van der Waals surface area (Å²) in [5, 5.41) is 10.1. The van der Waals surface area contributed by atoms with E-state index in [-0.39, 0.29) is 0 Å². The van der Waals surface area contributed by atoms with Gasteiger partial charge in [-0.15, -0.1) is 0 Å². The fraction of sp³-hybridized carbons (Fsp3) is 0.909. The van der Waals surface area contributed by atoms with Gasteiger partial charge in [-0.3, -0.25) is 0 Å². The van der Waals surface area contributed by atoms with E-state index in [9.17, 15) is 9.90 Å². The molecule has 4 aliphatic rings. The van der Waals surface area contributed by atoms with Crippen LogP contribution in [0.4, 0.5) is 0 Å². The van der Waals surface area contributed by atoms with E-state index in [2.05, 4.69) is 0 Å². The van der Waals surface area contributed by atoms with Crippen LogP contribution >= 0.6 is 0 Å². The fourth-order valence-corrected chi connectivity index (χ4v) is 4.17. The minimum Gasteiger partial charge on any atom is -0.448 e. The van der Waals surface area contributed by atoms with Crippen molar-refractivity contribution >= 4 is 6.47 Å². The zero-order valence-corrected chi connectivity index (χ0v) is 8.11. The van der Waals surface area contributed by atoms with Crippen molar-refractivity contribution in [2.24, 2.45) is 17.8 Å². The number of rotatable bonds is 2. The molecule has 4 rings (SSSR count). The average Bonchev–Trinajstić information content (AvgIpc) is 2.13. The normalized spacial score (nSPS) is 54.6. The first-order chi connectivity index (χ1) is 6.73. The number of hydrogen-bond donors (Lipinski definition) is 1. The third kappa shape index (κ3) is 0.991. The van der Waals surface area contributed by atoms with Crippen LogP contribution in [0.5, 0.6) is 0 Å². The number of aliphatic hydroxyl groups excluding tert-OH is 1. The van der Waals surface area contributed by atoms with Gasteiger partial charge in [0.15, 0.2) is 0 Å². The van der Waals surface area contributed by atoms with Crippen LogP contribution in [0.1, 0.15) is 32.1 Å². The minimum absolute atomic E-state index is 0.370. The summed E-state index contributed by atoms with van der Waals surface area (Å²) in [5.74, 6) is 1.71. The molecular formula is C11H15O3. The van der Waals surface area contributed by atoms with E-state index in [4.69, 9.17) is 4.74 Å². The molecule has 3 heteroatoms. The highest BCUT2D eigenvalue weighted by molar-refractivity contribution is 5.40. The van der Waals surface area contributed by atoms with Gasteiger partial charge in [-0.1, -0.05) is 0 Å². The average molecular weight is 195 g/mol. The zero-order valence-electron chi connectivity index (χ0n) is 8.11. The van der Waals surface area contributed by atoms with Crippen molar-refractivity contribution in [3.05, 3.63) is 0 Å². The predicted octanol–water partition coefficient (Wildman–Crippen LogP) is 1.01. The molecule has 3 atom stereocenters. The Morgan fingerprint density at radius 1 is 1.21 bits per heavy atom. The molecule has 4 bridgehead atoms. The fourth-order valence-electron chi connectivity index (χ4n) is 4.17. The van der Waals surface area contributed by atoms with Gasteiger partial charge < -0.3 is 9.84 Å². The summed E-state index contributed by atoms with van der Waals surface area (Å²) in [6.45, 7) is 1.55. The maximum atomic E-state index is 10.4. The maximum absolute atomic E-state index is 10.4. The molecule has 4 saturated carbocycles. The highest BCUT2D eigenvalue weighted by Crippen LogP contribution is 2.56. The van der Waals surface area contributed by atoms with Crippen LogP contribution in [0.2, 0.25) is 0 Å². The van der Waals surface area contributed by atoms with Crippen molar-refractivity contribution in [1.29, 1.82) is 0 Å². The predicted molar refractivity (Wildman–Crippen MR) is 49.1 cm³/mol. The molecule has 0 saturated heterocycles. The van der Waals surface area contributed by atoms with E-state index in [0.29, 0.717) is 17.8 Å². The lowest BCUT2D eigenvalue weighted by molar-refractivity contribution is -0.196. The molecular weight excluding hydrogens is 180 g/mol. The first kappa shape index (κ1) is 8.72. The van der Waals surface area contributed by atoms with Crippen molar-refractivity contribution in [3.8, 4) is 0 Å². The summed E-state index contributed by atoms with van der Waals surface area (Å²) in [5.41, 5.74) is -0.559. The number of aliphatic hydroxyl groups is 1. The SMILES string of the molecule is O=[C]OC12CC3CC(CC(C3)C1O)C2.